The van der Waals surface area contributed by atoms with Crippen molar-refractivity contribution in [3.63, 3.8) is 0 Å². The average molecular weight is 506 g/mol. The Labute approximate surface area is 210 Å². The molecule has 36 heavy (non-hydrogen) atoms. The zero-order chi connectivity index (χ0) is 25.4. The van der Waals surface area contributed by atoms with Gasteiger partial charge in [0.25, 0.3) is 5.56 Å². The second-order valence-corrected chi connectivity index (χ2v) is 9.54. The van der Waals surface area contributed by atoms with Crippen LogP contribution in [0.15, 0.2) is 80.0 Å². The van der Waals surface area contributed by atoms with E-state index in [1.54, 1.807) is 17.9 Å². The number of methoxy groups -OCH3 is 1. The SMILES string of the molecule is COc1ccccc1CCn1c2c(c(=O)n(-c3ccc(C(=O)O)cc3)c1=O)C(C)C(c1ncco1)S2. The summed E-state index contributed by atoms with van der Waals surface area (Å²) >= 11 is 1.40. The highest BCUT2D eigenvalue weighted by Crippen LogP contribution is 2.52. The lowest BCUT2D eigenvalue weighted by Crippen LogP contribution is -2.41. The minimum Gasteiger partial charge on any atom is -0.496 e. The molecule has 0 aliphatic carbocycles. The molecule has 1 N–H and O–H groups in total. The maximum Gasteiger partial charge on any atom is 0.336 e. The number of aryl methyl sites for hydroxylation is 1. The van der Waals surface area contributed by atoms with E-state index in [0.29, 0.717) is 35.1 Å². The summed E-state index contributed by atoms with van der Waals surface area (Å²) in [6, 6.07) is 13.3. The molecule has 0 radical (unpaired) electrons. The van der Waals surface area contributed by atoms with Gasteiger partial charge in [-0.05, 0) is 42.3 Å². The van der Waals surface area contributed by atoms with Crippen LogP contribution >= 0.6 is 11.8 Å². The summed E-state index contributed by atoms with van der Waals surface area (Å²) in [4.78, 5) is 43.0. The van der Waals surface area contributed by atoms with E-state index < -0.39 is 17.2 Å². The lowest BCUT2D eigenvalue weighted by atomic mass is 10.00. The number of ether oxygens (including phenoxy) is 1. The number of carboxylic acid groups (broad SMARTS) is 1. The molecule has 0 saturated carbocycles. The number of hydrogen-bond donors (Lipinski definition) is 1. The summed E-state index contributed by atoms with van der Waals surface area (Å²) in [5.74, 6) is -0.141. The van der Waals surface area contributed by atoms with Crippen LogP contribution in [0.5, 0.6) is 5.75 Å². The molecule has 0 saturated heterocycles. The number of benzene rings is 2. The molecule has 1 aliphatic rings. The monoisotopic (exact) mass is 505 g/mol. The maximum atomic E-state index is 13.8. The van der Waals surface area contributed by atoms with Crippen LogP contribution in [0, 0.1) is 0 Å². The van der Waals surface area contributed by atoms with Gasteiger partial charge in [-0.15, -0.1) is 0 Å². The summed E-state index contributed by atoms with van der Waals surface area (Å²) < 4.78 is 13.7. The summed E-state index contributed by atoms with van der Waals surface area (Å²) in [6.45, 7) is 2.23. The molecule has 184 valence electrons. The first-order valence-corrected chi connectivity index (χ1v) is 12.2. The van der Waals surface area contributed by atoms with Crippen molar-refractivity contribution in [1.29, 1.82) is 0 Å². The highest BCUT2D eigenvalue weighted by molar-refractivity contribution is 7.99. The number of carbonyl (C=O) groups is 1. The van der Waals surface area contributed by atoms with Crippen molar-refractivity contribution < 1.29 is 19.1 Å². The number of para-hydroxylation sites is 1. The van der Waals surface area contributed by atoms with E-state index in [1.165, 1.54) is 42.3 Å². The first kappa shape index (κ1) is 23.7. The van der Waals surface area contributed by atoms with Gasteiger partial charge >= 0.3 is 11.7 Å². The van der Waals surface area contributed by atoms with Crippen LogP contribution in [0.4, 0.5) is 0 Å². The minimum absolute atomic E-state index is 0.0670. The topological polar surface area (TPSA) is 117 Å². The third-order valence-electron chi connectivity index (χ3n) is 6.34. The van der Waals surface area contributed by atoms with Gasteiger partial charge in [-0.2, -0.15) is 0 Å². The summed E-state index contributed by atoms with van der Waals surface area (Å²) in [5.41, 5.74) is 0.887. The second-order valence-electron chi connectivity index (χ2n) is 8.40. The van der Waals surface area contributed by atoms with Crippen LogP contribution in [-0.4, -0.2) is 32.3 Å². The van der Waals surface area contributed by atoms with Crippen molar-refractivity contribution in [2.75, 3.05) is 7.11 Å². The van der Waals surface area contributed by atoms with Gasteiger partial charge in [0, 0.05) is 12.5 Å². The molecule has 0 bridgehead atoms. The molecule has 3 heterocycles. The van der Waals surface area contributed by atoms with Crippen LogP contribution in [-0.2, 0) is 13.0 Å². The van der Waals surface area contributed by atoms with E-state index >= 15 is 0 Å². The van der Waals surface area contributed by atoms with Crippen molar-refractivity contribution in [3.8, 4) is 11.4 Å². The average Bonchev–Trinajstić information content (AvgIpc) is 3.53. The van der Waals surface area contributed by atoms with E-state index in [0.717, 1.165) is 15.9 Å². The van der Waals surface area contributed by atoms with Crippen molar-refractivity contribution in [3.05, 3.63) is 104 Å². The van der Waals surface area contributed by atoms with Gasteiger partial charge in [-0.1, -0.05) is 36.9 Å². The van der Waals surface area contributed by atoms with Crippen LogP contribution < -0.4 is 16.0 Å². The number of hydrogen-bond acceptors (Lipinski definition) is 7. The number of fused-ring (bicyclic) bond motifs is 1. The molecule has 2 aromatic heterocycles. The highest BCUT2D eigenvalue weighted by Gasteiger charge is 2.39. The van der Waals surface area contributed by atoms with Crippen LogP contribution in [0.2, 0.25) is 0 Å². The van der Waals surface area contributed by atoms with E-state index in [4.69, 9.17) is 9.15 Å². The van der Waals surface area contributed by atoms with Crippen LogP contribution in [0.25, 0.3) is 5.69 Å². The lowest BCUT2D eigenvalue weighted by molar-refractivity contribution is 0.0697. The Morgan fingerprint density at radius 1 is 1.17 bits per heavy atom. The summed E-state index contributed by atoms with van der Waals surface area (Å²) in [5, 5.41) is 9.57. The molecule has 10 heteroatoms. The zero-order valence-electron chi connectivity index (χ0n) is 19.6. The van der Waals surface area contributed by atoms with Crippen LogP contribution in [0.1, 0.15) is 45.5 Å². The fourth-order valence-corrected chi connectivity index (χ4v) is 6.00. The van der Waals surface area contributed by atoms with Gasteiger partial charge in [-0.3, -0.25) is 9.36 Å². The first-order chi connectivity index (χ1) is 17.4. The number of thioether (sulfide) groups is 1. The summed E-state index contributed by atoms with van der Waals surface area (Å²) in [7, 11) is 1.60. The largest absolute Gasteiger partial charge is 0.496 e. The lowest BCUT2D eigenvalue weighted by Gasteiger charge is -2.16. The molecule has 2 atom stereocenters. The second kappa shape index (κ2) is 9.54. The van der Waals surface area contributed by atoms with Crippen LogP contribution in [0.3, 0.4) is 0 Å². The first-order valence-electron chi connectivity index (χ1n) is 11.3. The van der Waals surface area contributed by atoms with Crippen molar-refractivity contribution in [2.24, 2.45) is 0 Å². The zero-order valence-corrected chi connectivity index (χ0v) is 20.4. The molecular formula is C26H23N3O6S. The molecule has 5 rings (SSSR count). The minimum atomic E-state index is -1.09. The predicted octanol–water partition coefficient (Wildman–Crippen LogP) is 3.89. The number of oxazole rings is 1. The third kappa shape index (κ3) is 4.03. The Hall–Kier alpha value is -4.05. The van der Waals surface area contributed by atoms with Crippen molar-refractivity contribution in [2.45, 2.75) is 36.1 Å². The molecule has 9 nitrogen and oxygen atoms in total. The molecular weight excluding hydrogens is 482 g/mol. The smallest absolute Gasteiger partial charge is 0.336 e. The molecule has 2 aromatic carbocycles. The molecule has 0 amide bonds. The Morgan fingerprint density at radius 2 is 1.92 bits per heavy atom. The number of carboxylic acids is 1. The van der Waals surface area contributed by atoms with Gasteiger partial charge in [0.05, 0.1) is 40.4 Å². The van der Waals surface area contributed by atoms with Gasteiger partial charge < -0.3 is 14.3 Å². The van der Waals surface area contributed by atoms with E-state index in [2.05, 4.69) is 4.98 Å². The third-order valence-corrected chi connectivity index (χ3v) is 7.87. The number of rotatable bonds is 7. The van der Waals surface area contributed by atoms with Gasteiger partial charge in [-0.25, -0.2) is 19.1 Å². The predicted molar refractivity (Wildman–Crippen MR) is 133 cm³/mol. The molecule has 4 aromatic rings. The fourth-order valence-electron chi connectivity index (χ4n) is 4.50. The van der Waals surface area contributed by atoms with Gasteiger partial charge in [0.1, 0.15) is 12.0 Å². The quantitative estimate of drug-likeness (QED) is 0.376. The Bertz CT molecular complexity index is 1540. The van der Waals surface area contributed by atoms with E-state index in [-0.39, 0.29) is 16.7 Å². The molecule has 2 unspecified atom stereocenters. The van der Waals surface area contributed by atoms with Gasteiger partial charge in [0.2, 0.25) is 5.89 Å². The Kier molecular flexibility index (Phi) is 6.27. The number of aromatic nitrogens is 3. The number of aromatic carboxylic acids is 1. The Balaban J connectivity index is 1.65. The molecule has 0 spiro atoms. The molecule has 0 fully saturated rings. The maximum absolute atomic E-state index is 13.8. The van der Waals surface area contributed by atoms with E-state index in [1.807, 2.05) is 31.2 Å². The molecule has 1 aliphatic heterocycles. The summed E-state index contributed by atoms with van der Waals surface area (Å²) in [6.07, 6.45) is 3.55. The van der Waals surface area contributed by atoms with E-state index in [9.17, 15) is 19.5 Å². The standard InChI is InChI=1S/C26H23N3O6S/c1-15-20-23(30)29(18-9-7-17(8-10-18)25(31)32)26(33)28(13-11-16-5-3-4-6-19(16)34-2)24(20)36-21(15)22-27-12-14-35-22/h3-10,12,14-15,21H,11,13H2,1-2H3,(H,31,32). The fraction of sp³-hybridized carbons (Fsp3) is 0.231. The number of nitrogens with zero attached hydrogens (tertiary/aromatic N) is 3. The van der Waals surface area contributed by atoms with Crippen molar-refractivity contribution in [1.82, 2.24) is 14.1 Å². The van der Waals surface area contributed by atoms with Crippen molar-refractivity contribution >= 4 is 17.7 Å². The Morgan fingerprint density at radius 3 is 2.58 bits per heavy atom. The normalized spacial score (nSPS) is 16.6. The highest BCUT2D eigenvalue weighted by atomic mass is 32.2. The van der Waals surface area contributed by atoms with Gasteiger partial charge in [0.15, 0.2) is 0 Å².